The van der Waals surface area contributed by atoms with Crippen molar-refractivity contribution in [1.29, 1.82) is 0 Å². The second-order valence-corrected chi connectivity index (χ2v) is 4.80. The van der Waals surface area contributed by atoms with Crippen LogP contribution < -0.4 is 0 Å². The van der Waals surface area contributed by atoms with Crippen molar-refractivity contribution < 1.29 is 13.9 Å². The van der Waals surface area contributed by atoms with Gasteiger partial charge >= 0.3 is 0 Å². The van der Waals surface area contributed by atoms with Gasteiger partial charge < -0.3 is 10.0 Å². The lowest BCUT2D eigenvalue weighted by atomic mass is 10.2. The average Bonchev–Trinajstić information content (AvgIpc) is 2.21. The largest absolute Gasteiger partial charge is 0.392 e. The van der Waals surface area contributed by atoms with Crippen LogP contribution in [0, 0.1) is 11.6 Å². The van der Waals surface area contributed by atoms with Gasteiger partial charge in [-0.25, -0.2) is 8.78 Å². The van der Waals surface area contributed by atoms with Crippen LogP contribution in [-0.2, 0) is 6.61 Å². The Kier molecular flexibility index (Phi) is 5.18. The molecular formula is C11H15F2NOS. The maximum atomic E-state index is 13.4. The fraction of sp³-hybridized carbons (Fsp3) is 0.455. The Morgan fingerprint density at radius 3 is 2.25 bits per heavy atom. The highest BCUT2D eigenvalue weighted by Gasteiger charge is 2.11. The zero-order valence-corrected chi connectivity index (χ0v) is 10.2. The molecule has 0 saturated heterocycles. The van der Waals surface area contributed by atoms with Crippen molar-refractivity contribution in [2.75, 3.05) is 26.4 Å². The van der Waals surface area contributed by atoms with Gasteiger partial charge in [-0.1, -0.05) is 0 Å². The van der Waals surface area contributed by atoms with Gasteiger partial charge in [0.1, 0.15) is 11.6 Å². The van der Waals surface area contributed by atoms with Crippen molar-refractivity contribution in [2.45, 2.75) is 11.5 Å². The van der Waals surface area contributed by atoms with Gasteiger partial charge in [-0.15, -0.1) is 11.8 Å². The summed E-state index contributed by atoms with van der Waals surface area (Å²) in [6.45, 7) is 0.405. The Labute approximate surface area is 98.3 Å². The van der Waals surface area contributed by atoms with Crippen molar-refractivity contribution in [1.82, 2.24) is 4.90 Å². The highest BCUT2D eigenvalue weighted by molar-refractivity contribution is 7.99. The van der Waals surface area contributed by atoms with Crippen molar-refractivity contribution in [3.63, 3.8) is 0 Å². The fourth-order valence-electron chi connectivity index (χ4n) is 1.17. The Morgan fingerprint density at radius 2 is 1.81 bits per heavy atom. The number of hydrogen-bond acceptors (Lipinski definition) is 3. The number of benzene rings is 1. The van der Waals surface area contributed by atoms with Crippen LogP contribution in [0.15, 0.2) is 17.0 Å². The molecule has 0 spiro atoms. The lowest BCUT2D eigenvalue weighted by Gasteiger charge is -2.10. The topological polar surface area (TPSA) is 23.5 Å². The molecule has 0 aliphatic rings. The first-order valence-corrected chi connectivity index (χ1v) is 5.89. The number of hydrogen-bond donors (Lipinski definition) is 1. The molecule has 0 aromatic heterocycles. The summed E-state index contributed by atoms with van der Waals surface area (Å²) in [6, 6.07) is 2.34. The number of nitrogens with zero attached hydrogens (tertiary/aromatic N) is 1. The van der Waals surface area contributed by atoms with Crippen LogP contribution in [0.2, 0.25) is 0 Å². The molecule has 1 aromatic rings. The van der Waals surface area contributed by atoms with Gasteiger partial charge in [0.15, 0.2) is 0 Å². The smallest absolute Gasteiger partial charge is 0.140 e. The second-order valence-electron chi connectivity index (χ2n) is 3.70. The first-order chi connectivity index (χ1) is 7.54. The summed E-state index contributed by atoms with van der Waals surface area (Å²) >= 11 is 1.15. The zero-order valence-electron chi connectivity index (χ0n) is 9.33. The molecule has 16 heavy (non-hydrogen) atoms. The van der Waals surface area contributed by atoms with E-state index in [1.807, 2.05) is 19.0 Å². The zero-order chi connectivity index (χ0) is 12.1. The lowest BCUT2D eigenvalue weighted by Crippen LogP contribution is -2.15. The number of halogens is 2. The molecule has 0 atom stereocenters. The molecule has 0 saturated carbocycles. The van der Waals surface area contributed by atoms with Crippen molar-refractivity contribution in [2.24, 2.45) is 0 Å². The molecule has 0 aliphatic carbocycles. The molecule has 0 heterocycles. The quantitative estimate of drug-likeness (QED) is 0.806. The predicted molar refractivity (Wildman–Crippen MR) is 61.6 cm³/mol. The third kappa shape index (κ3) is 3.73. The summed E-state index contributed by atoms with van der Waals surface area (Å²) in [5, 5.41) is 8.78. The van der Waals surface area contributed by atoms with Crippen LogP contribution in [0.3, 0.4) is 0 Å². The molecule has 90 valence electrons. The van der Waals surface area contributed by atoms with Gasteiger partial charge in [-0.3, -0.25) is 0 Å². The van der Waals surface area contributed by atoms with Gasteiger partial charge in [0, 0.05) is 12.3 Å². The highest BCUT2D eigenvalue weighted by atomic mass is 32.2. The van der Waals surface area contributed by atoms with E-state index in [2.05, 4.69) is 0 Å². The van der Waals surface area contributed by atoms with E-state index in [0.717, 1.165) is 18.3 Å². The number of aliphatic hydroxyl groups excluding tert-OH is 1. The summed E-state index contributed by atoms with van der Waals surface area (Å²) in [5.41, 5.74) is 0.256. The number of thioether (sulfide) groups is 1. The maximum Gasteiger partial charge on any atom is 0.140 e. The molecule has 0 unspecified atom stereocenters. The van der Waals surface area contributed by atoms with Crippen LogP contribution in [0.1, 0.15) is 5.56 Å². The summed E-state index contributed by atoms with van der Waals surface area (Å²) in [7, 11) is 3.81. The SMILES string of the molecule is CN(C)CCSc1c(F)cc(CO)cc1F. The normalized spacial score (nSPS) is 11.1. The number of aliphatic hydroxyl groups is 1. The monoisotopic (exact) mass is 247 g/mol. The van der Waals surface area contributed by atoms with Crippen LogP contribution in [0.5, 0.6) is 0 Å². The van der Waals surface area contributed by atoms with Crippen LogP contribution in [0.4, 0.5) is 8.78 Å². The highest BCUT2D eigenvalue weighted by Crippen LogP contribution is 2.26. The van der Waals surface area contributed by atoms with Crippen LogP contribution in [0.25, 0.3) is 0 Å². The van der Waals surface area contributed by atoms with Crippen molar-refractivity contribution in [3.05, 3.63) is 29.3 Å². The van der Waals surface area contributed by atoms with E-state index >= 15 is 0 Å². The molecule has 0 aliphatic heterocycles. The van der Waals surface area contributed by atoms with Crippen molar-refractivity contribution >= 4 is 11.8 Å². The molecule has 0 fully saturated rings. The van der Waals surface area contributed by atoms with Gasteiger partial charge in [0.25, 0.3) is 0 Å². The average molecular weight is 247 g/mol. The molecule has 2 nitrogen and oxygen atoms in total. The fourth-order valence-corrected chi connectivity index (χ4v) is 2.23. The molecule has 0 radical (unpaired) electrons. The van der Waals surface area contributed by atoms with E-state index < -0.39 is 11.6 Å². The van der Waals surface area contributed by atoms with Crippen LogP contribution in [-0.4, -0.2) is 36.4 Å². The Hall–Kier alpha value is -0.650. The molecule has 0 bridgehead atoms. The summed E-state index contributed by atoms with van der Waals surface area (Å²) < 4.78 is 26.9. The molecule has 1 rings (SSSR count). The minimum atomic E-state index is -0.604. The van der Waals surface area contributed by atoms with E-state index in [0.29, 0.717) is 5.75 Å². The minimum Gasteiger partial charge on any atom is -0.392 e. The Morgan fingerprint density at radius 1 is 1.25 bits per heavy atom. The van der Waals surface area contributed by atoms with E-state index in [1.165, 1.54) is 12.1 Å². The summed E-state index contributed by atoms with van der Waals surface area (Å²) in [6.07, 6.45) is 0. The third-order valence-corrected chi connectivity index (χ3v) is 3.09. The van der Waals surface area contributed by atoms with Crippen LogP contribution >= 0.6 is 11.8 Å². The second kappa shape index (κ2) is 6.18. The Bertz CT molecular complexity index is 335. The minimum absolute atomic E-state index is 0.0269. The van der Waals surface area contributed by atoms with Gasteiger partial charge in [-0.2, -0.15) is 0 Å². The molecule has 0 amide bonds. The van der Waals surface area contributed by atoms with Gasteiger partial charge in [-0.05, 0) is 31.8 Å². The van der Waals surface area contributed by atoms with E-state index in [9.17, 15) is 8.78 Å². The standard InChI is InChI=1S/C11H15F2NOS/c1-14(2)3-4-16-11-9(12)5-8(7-15)6-10(11)13/h5-6,15H,3-4,7H2,1-2H3. The summed E-state index contributed by atoms with van der Waals surface area (Å²) in [5.74, 6) is -0.583. The lowest BCUT2D eigenvalue weighted by molar-refractivity contribution is 0.280. The third-order valence-electron chi connectivity index (χ3n) is 2.03. The van der Waals surface area contributed by atoms with Gasteiger partial charge in [0.2, 0.25) is 0 Å². The Balaban J connectivity index is 2.72. The summed E-state index contributed by atoms with van der Waals surface area (Å²) in [4.78, 5) is 1.98. The van der Waals surface area contributed by atoms with Crippen molar-refractivity contribution in [3.8, 4) is 0 Å². The predicted octanol–water partition coefficient (Wildman–Crippen LogP) is 2.11. The molecular weight excluding hydrogens is 232 g/mol. The number of rotatable bonds is 5. The molecule has 5 heteroatoms. The molecule has 1 aromatic carbocycles. The van der Waals surface area contributed by atoms with E-state index in [-0.39, 0.29) is 17.1 Å². The van der Waals surface area contributed by atoms with E-state index in [4.69, 9.17) is 5.11 Å². The first-order valence-electron chi connectivity index (χ1n) is 4.91. The molecule has 1 N–H and O–H groups in total. The maximum absolute atomic E-state index is 13.4. The first kappa shape index (κ1) is 13.4. The van der Waals surface area contributed by atoms with Gasteiger partial charge in [0.05, 0.1) is 11.5 Å². The van der Waals surface area contributed by atoms with E-state index in [1.54, 1.807) is 0 Å².